The Labute approximate surface area is 243 Å². The van der Waals surface area contributed by atoms with Gasteiger partial charge in [0.05, 0.1) is 11.4 Å². The number of anilines is 2. The van der Waals surface area contributed by atoms with Crippen molar-refractivity contribution in [2.45, 2.75) is 13.8 Å². The molecule has 0 fully saturated rings. The fourth-order valence-corrected chi connectivity index (χ4v) is 6.38. The number of rotatable bonds is 5. The van der Waals surface area contributed by atoms with Crippen molar-refractivity contribution in [2.75, 3.05) is 10.6 Å². The Balaban J connectivity index is 1.93. The normalized spacial score (nSPS) is 10.7. The van der Waals surface area contributed by atoms with Crippen molar-refractivity contribution in [1.29, 1.82) is 0 Å². The van der Waals surface area contributed by atoms with Crippen molar-refractivity contribution in [3.63, 3.8) is 0 Å². The largest absolute Gasteiger partial charge is 0.320 e. The fourth-order valence-electron chi connectivity index (χ4n) is 3.86. The summed E-state index contributed by atoms with van der Waals surface area (Å²) in [6.45, 7) is 3.95. The maximum atomic E-state index is 13.2. The zero-order valence-electron chi connectivity index (χ0n) is 19.3. The Kier molecular flexibility index (Phi) is 8.50. The van der Waals surface area contributed by atoms with Gasteiger partial charge in [-0.05, 0) is 93.2 Å². The van der Waals surface area contributed by atoms with E-state index < -0.39 is 0 Å². The number of benzene rings is 4. The minimum atomic E-state index is -0.235. The van der Waals surface area contributed by atoms with Crippen molar-refractivity contribution in [3.8, 4) is 11.1 Å². The predicted octanol–water partition coefficient (Wildman–Crippen LogP) is 9.53. The first kappa shape index (κ1) is 26.8. The summed E-state index contributed by atoms with van der Waals surface area (Å²) in [5, 5.41) is 6.18. The molecule has 0 spiro atoms. The number of nitrogens with one attached hydrogen (secondary N) is 2. The molecule has 2 amide bonds. The molecule has 2 N–H and O–H groups in total. The van der Waals surface area contributed by atoms with Crippen LogP contribution in [0.2, 0.25) is 0 Å². The molecule has 0 saturated heterocycles. The third kappa shape index (κ3) is 5.52. The summed E-state index contributed by atoms with van der Waals surface area (Å²) >= 11 is 14.6. The minimum absolute atomic E-state index is 0.235. The third-order valence-corrected chi connectivity index (χ3v) is 8.65. The molecule has 0 aliphatic carbocycles. The van der Waals surface area contributed by atoms with Crippen molar-refractivity contribution >= 4 is 86.9 Å². The summed E-state index contributed by atoms with van der Waals surface area (Å²) in [6.07, 6.45) is 0. The average molecular weight is 736 g/mol. The summed E-state index contributed by atoms with van der Waals surface area (Å²) in [5.41, 5.74) is 5.67. The van der Waals surface area contributed by atoms with Crippen LogP contribution in [0.4, 0.5) is 11.4 Å². The van der Waals surface area contributed by atoms with E-state index in [4.69, 9.17) is 0 Å². The molecule has 0 bridgehead atoms. The first-order valence-corrected chi connectivity index (χ1v) is 14.1. The third-order valence-electron chi connectivity index (χ3n) is 5.75. The van der Waals surface area contributed by atoms with Crippen LogP contribution in [0, 0.1) is 13.8 Å². The lowest BCUT2D eigenvalue weighted by Gasteiger charge is -2.23. The highest BCUT2D eigenvalue weighted by Gasteiger charge is 2.25. The Hall–Kier alpha value is -2.26. The summed E-state index contributed by atoms with van der Waals surface area (Å²) in [6, 6.07) is 21.9. The smallest absolute Gasteiger partial charge is 0.255 e. The molecule has 8 heteroatoms. The number of hydrogen-bond acceptors (Lipinski definition) is 2. The summed E-state index contributed by atoms with van der Waals surface area (Å²) in [5.74, 6) is -0.471. The maximum Gasteiger partial charge on any atom is 0.255 e. The Bertz CT molecular complexity index is 1360. The molecule has 36 heavy (non-hydrogen) atoms. The molecule has 4 nitrogen and oxygen atoms in total. The lowest BCUT2D eigenvalue weighted by Crippen LogP contribution is -2.16. The van der Waals surface area contributed by atoms with E-state index in [1.807, 2.05) is 62.4 Å². The van der Waals surface area contributed by atoms with E-state index in [0.29, 0.717) is 31.4 Å². The topological polar surface area (TPSA) is 58.2 Å². The molecule has 0 unspecified atom stereocenters. The van der Waals surface area contributed by atoms with E-state index in [9.17, 15) is 9.59 Å². The zero-order valence-corrected chi connectivity index (χ0v) is 25.6. The molecule has 4 aromatic carbocycles. The van der Waals surface area contributed by atoms with E-state index in [0.717, 1.165) is 31.2 Å². The van der Waals surface area contributed by atoms with Crippen molar-refractivity contribution in [2.24, 2.45) is 0 Å². The second-order valence-electron chi connectivity index (χ2n) is 8.07. The maximum absolute atomic E-state index is 13.2. The molecule has 4 rings (SSSR count). The van der Waals surface area contributed by atoms with E-state index in [-0.39, 0.29) is 11.8 Å². The lowest BCUT2D eigenvalue weighted by atomic mass is 9.92. The van der Waals surface area contributed by atoms with Gasteiger partial charge in [-0.2, -0.15) is 0 Å². The highest BCUT2D eigenvalue weighted by Crippen LogP contribution is 2.48. The van der Waals surface area contributed by atoms with Gasteiger partial charge in [0, 0.05) is 40.1 Å². The van der Waals surface area contributed by atoms with Crippen LogP contribution in [0.25, 0.3) is 11.1 Å². The van der Waals surface area contributed by atoms with Gasteiger partial charge in [-0.1, -0.05) is 68.3 Å². The molecule has 0 aliphatic heterocycles. The van der Waals surface area contributed by atoms with Gasteiger partial charge >= 0.3 is 0 Å². The highest BCUT2D eigenvalue weighted by atomic mass is 79.9. The van der Waals surface area contributed by atoms with E-state index in [1.165, 1.54) is 0 Å². The van der Waals surface area contributed by atoms with Crippen LogP contribution in [0.5, 0.6) is 0 Å². The van der Waals surface area contributed by atoms with Gasteiger partial charge in [-0.15, -0.1) is 0 Å². The molecule has 0 heterocycles. The Morgan fingerprint density at radius 1 is 0.556 bits per heavy atom. The zero-order chi connectivity index (χ0) is 26.0. The SMILES string of the molecule is Cc1c(Br)cc(Br)c(NC(=O)c2ccccc2)c1-c1c(C)c(Br)cc(Br)c1NC(=O)c1ccccc1. The molecule has 0 saturated carbocycles. The predicted molar refractivity (Wildman–Crippen MR) is 161 cm³/mol. The Morgan fingerprint density at radius 2 is 0.889 bits per heavy atom. The van der Waals surface area contributed by atoms with E-state index >= 15 is 0 Å². The molecule has 0 atom stereocenters. The van der Waals surface area contributed by atoms with Crippen LogP contribution in [-0.4, -0.2) is 11.8 Å². The van der Waals surface area contributed by atoms with Crippen molar-refractivity contribution in [1.82, 2.24) is 0 Å². The first-order chi connectivity index (χ1) is 17.2. The lowest BCUT2D eigenvalue weighted by molar-refractivity contribution is 0.101. The number of halogens is 4. The van der Waals surface area contributed by atoms with Crippen LogP contribution in [0.15, 0.2) is 90.7 Å². The van der Waals surface area contributed by atoms with Crippen LogP contribution in [0.3, 0.4) is 0 Å². The standard InChI is InChI=1S/C28H20Br4N2O2/c1-15-19(29)13-21(31)25(33-27(35)17-9-5-3-6-10-17)23(15)24-16(2)20(30)14-22(32)26(24)34-28(36)18-11-7-4-8-12-18/h3-14H,1-2H3,(H,33,35)(H,34,36). The molecule has 182 valence electrons. The fraction of sp³-hybridized carbons (Fsp3) is 0.0714. The van der Waals surface area contributed by atoms with Gasteiger partial charge in [0.2, 0.25) is 0 Å². The summed E-state index contributed by atoms with van der Waals surface area (Å²) in [7, 11) is 0. The van der Waals surface area contributed by atoms with Gasteiger partial charge in [-0.25, -0.2) is 0 Å². The van der Waals surface area contributed by atoms with Crippen LogP contribution >= 0.6 is 63.7 Å². The van der Waals surface area contributed by atoms with Crippen molar-refractivity contribution in [3.05, 3.63) is 113 Å². The van der Waals surface area contributed by atoms with E-state index in [1.54, 1.807) is 24.3 Å². The van der Waals surface area contributed by atoms with E-state index in [2.05, 4.69) is 74.4 Å². The second-order valence-corrected chi connectivity index (χ2v) is 11.5. The molecular weight excluding hydrogens is 716 g/mol. The molecule has 4 aromatic rings. The number of amides is 2. The van der Waals surface area contributed by atoms with Gasteiger partial charge in [-0.3, -0.25) is 9.59 Å². The highest BCUT2D eigenvalue weighted by molar-refractivity contribution is 9.11. The van der Waals surface area contributed by atoms with Gasteiger partial charge in [0.1, 0.15) is 0 Å². The van der Waals surface area contributed by atoms with Gasteiger partial charge in [0.15, 0.2) is 0 Å². The number of carbonyl (C=O) groups is 2. The second kappa shape index (κ2) is 11.4. The number of carbonyl (C=O) groups excluding carboxylic acids is 2. The summed E-state index contributed by atoms with van der Waals surface area (Å²) < 4.78 is 3.13. The molecule has 0 aromatic heterocycles. The van der Waals surface area contributed by atoms with Crippen molar-refractivity contribution < 1.29 is 9.59 Å². The molecule has 0 aliphatic rings. The Morgan fingerprint density at radius 3 is 1.22 bits per heavy atom. The minimum Gasteiger partial charge on any atom is -0.320 e. The van der Waals surface area contributed by atoms with Gasteiger partial charge < -0.3 is 10.6 Å². The van der Waals surface area contributed by atoms with Crippen LogP contribution in [-0.2, 0) is 0 Å². The first-order valence-electron chi connectivity index (χ1n) is 10.9. The number of hydrogen-bond donors (Lipinski definition) is 2. The van der Waals surface area contributed by atoms with Crippen LogP contribution < -0.4 is 10.6 Å². The summed E-state index contributed by atoms with van der Waals surface area (Å²) in [4.78, 5) is 26.4. The quantitative estimate of drug-likeness (QED) is 0.215. The van der Waals surface area contributed by atoms with Crippen LogP contribution in [0.1, 0.15) is 31.8 Å². The average Bonchev–Trinajstić information content (AvgIpc) is 2.88. The molecular formula is C28H20Br4N2O2. The van der Waals surface area contributed by atoms with Gasteiger partial charge in [0.25, 0.3) is 11.8 Å². The monoisotopic (exact) mass is 732 g/mol. The molecule has 0 radical (unpaired) electrons.